The molecule has 0 fully saturated rings. The van der Waals surface area contributed by atoms with Crippen molar-refractivity contribution in [2.45, 2.75) is 68.6 Å². The van der Waals surface area contributed by atoms with E-state index < -0.39 is 0 Å². The Labute approximate surface area is 144 Å². The minimum absolute atomic E-state index is 0. The molecular weight excluding hydrogens is 436 g/mol. The van der Waals surface area contributed by atoms with Crippen LogP contribution < -0.4 is 0 Å². The molecule has 19 heavy (non-hydrogen) atoms. The highest BCUT2D eigenvalue weighted by molar-refractivity contribution is 9.24. The molecule has 0 atom stereocenters. The van der Waals surface area contributed by atoms with Crippen molar-refractivity contribution in [3.8, 4) is 0 Å². The van der Waals surface area contributed by atoms with Crippen LogP contribution >= 0.6 is 48.8 Å². The minimum Gasteiger partial charge on any atom is -0.310 e. The third-order valence-electron chi connectivity index (χ3n) is 3.26. The molecule has 0 amide bonds. The third kappa shape index (κ3) is 7.28. The second kappa shape index (κ2) is 10.4. The number of halogens is 3. The van der Waals surface area contributed by atoms with E-state index in [1.54, 1.807) is 0 Å². The van der Waals surface area contributed by atoms with Crippen LogP contribution in [0.25, 0.3) is 0 Å². The highest BCUT2D eigenvalue weighted by atomic mass is 79.9. The lowest BCUT2D eigenvalue weighted by molar-refractivity contribution is 0.516. The summed E-state index contributed by atoms with van der Waals surface area (Å²) in [7, 11) is 0. The Morgan fingerprint density at radius 3 is 2.21 bits per heavy atom. The summed E-state index contributed by atoms with van der Waals surface area (Å²) in [5, 5.41) is 0. The summed E-state index contributed by atoms with van der Waals surface area (Å²) in [4.78, 5) is 4.26. The Morgan fingerprint density at radius 1 is 1.11 bits per heavy atom. The Bertz CT molecular complexity index is 337. The van der Waals surface area contributed by atoms with Gasteiger partial charge in [0.1, 0.15) is 5.82 Å². The van der Waals surface area contributed by atoms with Gasteiger partial charge in [0.2, 0.25) is 0 Å². The summed E-state index contributed by atoms with van der Waals surface area (Å²) >= 11 is 7.51. The van der Waals surface area contributed by atoms with E-state index in [0.717, 1.165) is 12.2 Å². The van der Waals surface area contributed by atoms with E-state index in [2.05, 4.69) is 48.3 Å². The van der Waals surface area contributed by atoms with Crippen molar-refractivity contribution in [2.75, 3.05) is 0 Å². The molecule has 2 nitrogen and oxygen atoms in total. The molecule has 5 heteroatoms. The monoisotopic (exact) mass is 458 g/mol. The molecule has 0 aliphatic carbocycles. The van der Waals surface area contributed by atoms with E-state index in [4.69, 9.17) is 0 Å². The Hall–Kier alpha value is 0.650. The zero-order chi connectivity index (χ0) is 13.4. The van der Waals surface area contributed by atoms with Gasteiger partial charge in [0, 0.05) is 12.4 Å². The fourth-order valence-electron chi connectivity index (χ4n) is 2.14. The number of alkyl halides is 2. The number of nitrogens with zero attached hydrogens (tertiary/aromatic N) is 2. The first-order chi connectivity index (χ1) is 8.58. The molecule has 1 rings (SSSR count). The fourth-order valence-corrected chi connectivity index (χ4v) is 3.45. The van der Waals surface area contributed by atoms with Crippen molar-refractivity contribution in [2.24, 2.45) is 0 Å². The third-order valence-corrected chi connectivity index (χ3v) is 4.82. The topological polar surface area (TPSA) is 17.8 Å². The lowest BCUT2D eigenvalue weighted by Crippen LogP contribution is -2.19. The zero-order valence-electron chi connectivity index (χ0n) is 11.9. The standard InChI is InChI=1S/C14H24Br2N2.BrH/c1-3-4-5-6-7-8-9-10-14(15,16)18-12-11-17-13(18)2;/h11-12H,3-10H2,1-2H3;1H. The Kier molecular flexibility index (Phi) is 10.7. The molecule has 0 saturated heterocycles. The van der Waals surface area contributed by atoms with Crippen LogP contribution in [0.2, 0.25) is 0 Å². The van der Waals surface area contributed by atoms with Gasteiger partial charge in [-0.15, -0.1) is 17.0 Å². The zero-order valence-corrected chi connectivity index (χ0v) is 16.8. The average Bonchev–Trinajstić information content (AvgIpc) is 2.75. The van der Waals surface area contributed by atoms with Gasteiger partial charge in [-0.3, -0.25) is 0 Å². The van der Waals surface area contributed by atoms with Crippen LogP contribution in [-0.4, -0.2) is 9.55 Å². The first-order valence-electron chi connectivity index (χ1n) is 6.96. The first kappa shape index (κ1) is 19.7. The van der Waals surface area contributed by atoms with E-state index >= 15 is 0 Å². The van der Waals surface area contributed by atoms with Crippen LogP contribution in [0.3, 0.4) is 0 Å². The molecule has 0 saturated carbocycles. The second-order valence-electron chi connectivity index (χ2n) is 4.88. The van der Waals surface area contributed by atoms with Gasteiger partial charge >= 0.3 is 0 Å². The molecule has 0 aliphatic heterocycles. The summed E-state index contributed by atoms with van der Waals surface area (Å²) in [5.41, 5.74) is 0. The molecule has 0 bridgehead atoms. The number of hydrogen-bond donors (Lipinski definition) is 0. The summed E-state index contributed by atoms with van der Waals surface area (Å²) in [5.74, 6) is 1.03. The van der Waals surface area contributed by atoms with E-state index in [1.165, 1.54) is 44.9 Å². The maximum absolute atomic E-state index is 4.26. The van der Waals surface area contributed by atoms with Gasteiger partial charge in [-0.25, -0.2) is 4.98 Å². The summed E-state index contributed by atoms with van der Waals surface area (Å²) in [6, 6.07) is 0. The lowest BCUT2D eigenvalue weighted by Gasteiger charge is -2.23. The first-order valence-corrected chi connectivity index (χ1v) is 8.55. The largest absolute Gasteiger partial charge is 0.310 e. The van der Waals surface area contributed by atoms with Crippen molar-refractivity contribution >= 4 is 48.8 Å². The molecule has 0 aliphatic rings. The highest BCUT2D eigenvalue weighted by Gasteiger charge is 2.25. The molecule has 0 N–H and O–H groups in total. The van der Waals surface area contributed by atoms with Gasteiger partial charge in [0.05, 0.1) is 0 Å². The van der Waals surface area contributed by atoms with Gasteiger partial charge in [-0.2, -0.15) is 0 Å². The maximum Gasteiger partial charge on any atom is 0.156 e. The van der Waals surface area contributed by atoms with Crippen molar-refractivity contribution in [1.82, 2.24) is 9.55 Å². The summed E-state index contributed by atoms with van der Waals surface area (Å²) in [6.45, 7) is 4.29. The normalized spacial score (nSPS) is 11.4. The number of aryl methyl sites for hydroxylation is 1. The van der Waals surface area contributed by atoms with Crippen LogP contribution in [0.15, 0.2) is 12.4 Å². The van der Waals surface area contributed by atoms with Crippen LogP contribution in [-0.2, 0) is 3.36 Å². The second-order valence-corrected chi connectivity index (χ2v) is 8.57. The number of unbranched alkanes of at least 4 members (excludes halogenated alkanes) is 6. The fraction of sp³-hybridized carbons (Fsp3) is 0.786. The minimum atomic E-state index is -0.163. The van der Waals surface area contributed by atoms with E-state index in [1.807, 2.05) is 19.3 Å². The lowest BCUT2D eigenvalue weighted by atomic mass is 10.1. The van der Waals surface area contributed by atoms with E-state index in [-0.39, 0.29) is 20.3 Å². The predicted molar refractivity (Wildman–Crippen MR) is 95.7 cm³/mol. The SMILES string of the molecule is Br.CCCCCCCCCC(Br)(Br)n1ccnc1C. The Balaban J connectivity index is 0.00000324. The number of aromatic nitrogens is 2. The number of rotatable bonds is 9. The van der Waals surface area contributed by atoms with Gasteiger partial charge in [0.15, 0.2) is 3.36 Å². The predicted octanol–water partition coefficient (Wildman–Crippen LogP) is 6.31. The molecule has 0 aromatic carbocycles. The molecular formula is C14H25Br3N2. The molecule has 112 valence electrons. The van der Waals surface area contributed by atoms with Gasteiger partial charge in [-0.05, 0) is 51.6 Å². The van der Waals surface area contributed by atoms with Crippen molar-refractivity contribution in [1.29, 1.82) is 0 Å². The van der Waals surface area contributed by atoms with Crippen molar-refractivity contribution in [3.63, 3.8) is 0 Å². The smallest absolute Gasteiger partial charge is 0.156 e. The quantitative estimate of drug-likeness (QED) is 0.312. The molecule has 1 heterocycles. The maximum atomic E-state index is 4.26. The summed E-state index contributed by atoms with van der Waals surface area (Å²) in [6.07, 6.45) is 14.3. The van der Waals surface area contributed by atoms with Crippen LogP contribution in [0, 0.1) is 6.92 Å². The average molecular weight is 461 g/mol. The number of hydrogen-bond acceptors (Lipinski definition) is 1. The molecule has 0 unspecified atom stereocenters. The van der Waals surface area contributed by atoms with Crippen LogP contribution in [0.1, 0.15) is 64.1 Å². The molecule has 1 aromatic rings. The van der Waals surface area contributed by atoms with Crippen molar-refractivity contribution < 1.29 is 0 Å². The van der Waals surface area contributed by atoms with Crippen LogP contribution in [0.5, 0.6) is 0 Å². The molecule has 1 aromatic heterocycles. The Morgan fingerprint density at radius 2 is 1.68 bits per heavy atom. The van der Waals surface area contributed by atoms with Gasteiger partial charge in [0.25, 0.3) is 0 Å². The summed E-state index contributed by atoms with van der Waals surface area (Å²) < 4.78 is 1.98. The highest BCUT2D eigenvalue weighted by Crippen LogP contribution is 2.38. The van der Waals surface area contributed by atoms with Crippen molar-refractivity contribution in [3.05, 3.63) is 18.2 Å². The van der Waals surface area contributed by atoms with Gasteiger partial charge in [-0.1, -0.05) is 45.4 Å². The van der Waals surface area contributed by atoms with Crippen LogP contribution in [0.4, 0.5) is 0 Å². The van der Waals surface area contributed by atoms with E-state index in [0.29, 0.717) is 0 Å². The van der Waals surface area contributed by atoms with Gasteiger partial charge < -0.3 is 4.57 Å². The number of imidazole rings is 1. The van der Waals surface area contributed by atoms with E-state index in [9.17, 15) is 0 Å². The molecule has 0 radical (unpaired) electrons. The molecule has 0 spiro atoms.